The van der Waals surface area contributed by atoms with E-state index in [1.165, 1.54) is 7.11 Å². The number of amides is 1. The van der Waals surface area contributed by atoms with Crippen molar-refractivity contribution in [3.05, 3.63) is 69.2 Å². The summed E-state index contributed by atoms with van der Waals surface area (Å²) in [5, 5.41) is 10.4. The Hall–Kier alpha value is -2.84. The van der Waals surface area contributed by atoms with Crippen LogP contribution in [0.1, 0.15) is 21.7 Å². The maximum absolute atomic E-state index is 12.4. The highest BCUT2D eigenvalue weighted by Crippen LogP contribution is 2.29. The highest BCUT2D eigenvalue weighted by Gasteiger charge is 2.12. The number of carbonyl (C=O) groups is 1. The molecule has 9 heteroatoms. The molecular formula is C20H21ClN4O3S. The van der Waals surface area contributed by atoms with Gasteiger partial charge < -0.3 is 19.4 Å². The second-order valence-electron chi connectivity index (χ2n) is 6.29. The number of nitrogens with one attached hydrogen (secondary N) is 2. The first kappa shape index (κ1) is 20.9. The van der Waals surface area contributed by atoms with E-state index < -0.39 is 0 Å². The predicted octanol–water partition coefficient (Wildman–Crippen LogP) is 3.69. The van der Waals surface area contributed by atoms with Crippen molar-refractivity contribution in [2.24, 2.45) is 7.05 Å². The number of hydrogen-bond acceptors (Lipinski definition) is 5. The smallest absolute Gasteiger partial charge is 0.251 e. The number of rotatable bonds is 8. The Morgan fingerprint density at radius 3 is 2.66 bits per heavy atom. The van der Waals surface area contributed by atoms with E-state index in [0.29, 0.717) is 46.4 Å². The van der Waals surface area contributed by atoms with Crippen molar-refractivity contribution in [3.8, 4) is 11.5 Å². The third-order valence-corrected chi connectivity index (χ3v) is 4.96. The van der Waals surface area contributed by atoms with Crippen molar-refractivity contribution in [2.75, 3.05) is 13.7 Å². The molecule has 0 saturated carbocycles. The molecule has 7 nitrogen and oxygen atoms in total. The van der Waals surface area contributed by atoms with Crippen LogP contribution < -0.4 is 14.8 Å². The lowest BCUT2D eigenvalue weighted by atomic mass is 10.2. The number of benzene rings is 2. The fourth-order valence-electron chi connectivity index (χ4n) is 2.66. The molecule has 0 spiro atoms. The largest absolute Gasteiger partial charge is 0.493 e. The number of halogens is 1. The average molecular weight is 433 g/mol. The second kappa shape index (κ2) is 9.58. The average Bonchev–Trinajstić information content (AvgIpc) is 3.05. The van der Waals surface area contributed by atoms with Gasteiger partial charge in [-0.15, -0.1) is 0 Å². The molecular weight excluding hydrogens is 412 g/mol. The van der Waals surface area contributed by atoms with Gasteiger partial charge in [0.2, 0.25) is 0 Å². The van der Waals surface area contributed by atoms with Crippen LogP contribution in [0.25, 0.3) is 0 Å². The van der Waals surface area contributed by atoms with Crippen molar-refractivity contribution in [3.63, 3.8) is 0 Å². The summed E-state index contributed by atoms with van der Waals surface area (Å²) in [6.07, 6.45) is 0.564. The van der Waals surface area contributed by atoms with Gasteiger partial charge in [0, 0.05) is 30.6 Å². The van der Waals surface area contributed by atoms with Gasteiger partial charge in [-0.05, 0) is 48.1 Å². The zero-order valence-corrected chi connectivity index (χ0v) is 17.6. The van der Waals surface area contributed by atoms with Gasteiger partial charge in [-0.25, -0.2) is 0 Å². The molecule has 2 aromatic carbocycles. The van der Waals surface area contributed by atoms with E-state index in [-0.39, 0.29) is 5.91 Å². The van der Waals surface area contributed by atoms with Crippen LogP contribution in [0.2, 0.25) is 5.02 Å². The second-order valence-corrected chi connectivity index (χ2v) is 7.11. The van der Waals surface area contributed by atoms with E-state index >= 15 is 0 Å². The number of ether oxygens (including phenoxy) is 2. The molecule has 0 aliphatic heterocycles. The molecule has 1 aromatic heterocycles. The van der Waals surface area contributed by atoms with Crippen LogP contribution in [-0.2, 0) is 20.1 Å². The number of H-pyrrole nitrogens is 1. The molecule has 0 aliphatic carbocycles. The summed E-state index contributed by atoms with van der Waals surface area (Å²) in [6, 6.07) is 12.5. The summed E-state index contributed by atoms with van der Waals surface area (Å²) in [5.41, 5.74) is 1.46. The first-order valence-electron chi connectivity index (χ1n) is 8.91. The Bertz CT molecular complexity index is 1050. The standard InChI is InChI=1S/C20H21ClN4O3S/c1-25-18(23-24-20(25)29)9-10-22-19(26)14-5-8-16(17(11-14)27-2)28-12-13-3-6-15(21)7-4-13/h3-8,11H,9-10,12H2,1-2H3,(H,22,26)(H,24,29). The highest BCUT2D eigenvalue weighted by atomic mass is 35.5. The Morgan fingerprint density at radius 2 is 2.00 bits per heavy atom. The van der Waals surface area contributed by atoms with Crippen LogP contribution in [-0.4, -0.2) is 34.3 Å². The van der Waals surface area contributed by atoms with Crippen molar-refractivity contribution >= 4 is 29.7 Å². The fraction of sp³-hybridized carbons (Fsp3) is 0.250. The van der Waals surface area contributed by atoms with Crippen LogP contribution in [0.3, 0.4) is 0 Å². The van der Waals surface area contributed by atoms with Gasteiger partial charge in [0.15, 0.2) is 16.3 Å². The maximum Gasteiger partial charge on any atom is 0.251 e. The van der Waals surface area contributed by atoms with E-state index in [0.717, 1.165) is 11.4 Å². The van der Waals surface area contributed by atoms with Gasteiger partial charge in [0.05, 0.1) is 7.11 Å². The minimum atomic E-state index is -0.204. The number of aromatic amines is 1. The van der Waals surface area contributed by atoms with Crippen LogP contribution in [0.5, 0.6) is 11.5 Å². The monoisotopic (exact) mass is 432 g/mol. The zero-order valence-electron chi connectivity index (χ0n) is 16.1. The lowest BCUT2D eigenvalue weighted by molar-refractivity contribution is 0.0953. The molecule has 3 aromatic rings. The predicted molar refractivity (Wildman–Crippen MR) is 113 cm³/mol. The third-order valence-electron chi connectivity index (χ3n) is 4.34. The molecule has 0 aliphatic rings. The lowest BCUT2D eigenvalue weighted by Gasteiger charge is -2.12. The molecule has 1 heterocycles. The van der Waals surface area contributed by atoms with Gasteiger partial charge in [-0.3, -0.25) is 9.89 Å². The molecule has 152 valence electrons. The number of methoxy groups -OCH3 is 1. The first-order chi connectivity index (χ1) is 14.0. The van der Waals surface area contributed by atoms with Gasteiger partial charge in [-0.1, -0.05) is 23.7 Å². The zero-order chi connectivity index (χ0) is 20.8. The highest BCUT2D eigenvalue weighted by molar-refractivity contribution is 7.71. The number of carbonyl (C=O) groups excluding carboxylic acids is 1. The van der Waals surface area contributed by atoms with E-state index in [4.69, 9.17) is 33.3 Å². The number of hydrogen-bond donors (Lipinski definition) is 2. The molecule has 0 fully saturated rings. The summed E-state index contributed by atoms with van der Waals surface area (Å²) < 4.78 is 13.5. The Kier molecular flexibility index (Phi) is 6.90. The third kappa shape index (κ3) is 5.36. The minimum absolute atomic E-state index is 0.204. The SMILES string of the molecule is COc1cc(C(=O)NCCc2n[nH]c(=S)n2C)ccc1OCc1ccc(Cl)cc1. The first-order valence-corrected chi connectivity index (χ1v) is 9.70. The van der Waals surface area contributed by atoms with Crippen LogP contribution >= 0.6 is 23.8 Å². The minimum Gasteiger partial charge on any atom is -0.493 e. The Balaban J connectivity index is 1.59. The van der Waals surface area contributed by atoms with Crippen LogP contribution in [0.4, 0.5) is 0 Å². The van der Waals surface area contributed by atoms with Gasteiger partial charge in [0.1, 0.15) is 12.4 Å². The molecule has 29 heavy (non-hydrogen) atoms. The molecule has 0 saturated heterocycles. The normalized spacial score (nSPS) is 10.6. The van der Waals surface area contributed by atoms with Crippen molar-refractivity contribution < 1.29 is 14.3 Å². The quantitative estimate of drug-likeness (QED) is 0.530. The summed E-state index contributed by atoms with van der Waals surface area (Å²) in [5.74, 6) is 1.62. The van der Waals surface area contributed by atoms with Gasteiger partial charge >= 0.3 is 0 Å². The topological polar surface area (TPSA) is 81.2 Å². The van der Waals surface area contributed by atoms with Crippen molar-refractivity contribution in [1.29, 1.82) is 0 Å². The molecule has 1 amide bonds. The van der Waals surface area contributed by atoms with E-state index in [2.05, 4.69) is 15.5 Å². The van der Waals surface area contributed by atoms with Crippen molar-refractivity contribution in [1.82, 2.24) is 20.1 Å². The summed E-state index contributed by atoms with van der Waals surface area (Å²) in [6.45, 7) is 0.800. The fourth-order valence-corrected chi connectivity index (χ4v) is 2.94. The van der Waals surface area contributed by atoms with Crippen LogP contribution in [0, 0.1) is 4.77 Å². The summed E-state index contributed by atoms with van der Waals surface area (Å²) >= 11 is 11.0. The van der Waals surface area contributed by atoms with E-state index in [9.17, 15) is 4.79 Å². The molecule has 0 atom stereocenters. The molecule has 3 rings (SSSR count). The van der Waals surface area contributed by atoms with Gasteiger partial charge in [-0.2, -0.15) is 5.10 Å². The Labute approximate surface area is 178 Å². The summed E-state index contributed by atoms with van der Waals surface area (Å²) in [7, 11) is 3.37. The molecule has 0 bridgehead atoms. The molecule has 0 unspecified atom stereocenters. The van der Waals surface area contributed by atoms with Crippen LogP contribution in [0.15, 0.2) is 42.5 Å². The molecule has 0 radical (unpaired) electrons. The van der Waals surface area contributed by atoms with E-state index in [1.54, 1.807) is 22.8 Å². The van der Waals surface area contributed by atoms with Gasteiger partial charge in [0.25, 0.3) is 5.91 Å². The Morgan fingerprint density at radius 1 is 1.24 bits per heavy atom. The van der Waals surface area contributed by atoms with E-state index in [1.807, 2.05) is 31.3 Å². The summed E-state index contributed by atoms with van der Waals surface area (Å²) in [4.78, 5) is 12.4. The number of aromatic nitrogens is 3. The lowest BCUT2D eigenvalue weighted by Crippen LogP contribution is -2.26. The molecule has 2 N–H and O–H groups in total. The maximum atomic E-state index is 12.4. The van der Waals surface area contributed by atoms with Crippen molar-refractivity contribution in [2.45, 2.75) is 13.0 Å². The number of nitrogens with zero attached hydrogens (tertiary/aromatic N) is 2.